The largest absolute Gasteiger partial charge is 0.431 e. The van der Waals surface area contributed by atoms with Gasteiger partial charge in [0.15, 0.2) is 5.58 Å². The molecule has 0 aliphatic rings. The monoisotopic (exact) mass is 454 g/mol. The summed E-state index contributed by atoms with van der Waals surface area (Å²) < 4.78 is 33.2. The van der Waals surface area contributed by atoms with Crippen LogP contribution in [-0.2, 0) is 14.8 Å². The molecule has 29 heavy (non-hydrogen) atoms. The molecule has 0 spiro atoms. The van der Waals surface area contributed by atoms with Crippen molar-refractivity contribution < 1.29 is 22.4 Å². The highest BCUT2D eigenvalue weighted by atomic mass is 35.5. The number of para-hydroxylation sites is 1. The molecule has 3 N–H and O–H groups in total. The maximum Gasteiger partial charge on any atom is 0.321 e. The molecule has 0 saturated heterocycles. The first kappa shape index (κ1) is 21.0. The van der Waals surface area contributed by atoms with Crippen molar-refractivity contribution in [1.82, 2.24) is 15.6 Å². The van der Waals surface area contributed by atoms with Crippen LogP contribution >= 0.6 is 23.4 Å². The second-order valence-corrected chi connectivity index (χ2v) is 8.63. The van der Waals surface area contributed by atoms with Crippen molar-refractivity contribution in [2.45, 2.75) is 10.1 Å². The molecule has 3 aromatic rings. The summed E-state index contributed by atoms with van der Waals surface area (Å²) in [6, 6.07) is 10.1. The molecule has 3 amide bonds. The Kier molecular flexibility index (Phi) is 6.30. The third kappa shape index (κ3) is 5.19. The number of carbonyl (C=O) groups is 2. The number of amides is 3. The van der Waals surface area contributed by atoms with Crippen LogP contribution in [0, 0.1) is 0 Å². The molecule has 0 unspecified atom stereocenters. The van der Waals surface area contributed by atoms with E-state index in [0.717, 1.165) is 11.8 Å². The molecular weight excluding hydrogens is 440 g/mol. The number of halogens is 1. The lowest BCUT2D eigenvalue weighted by molar-refractivity contribution is -0.117. The number of urea groups is 1. The maximum absolute atomic E-state index is 12.6. The van der Waals surface area contributed by atoms with Crippen molar-refractivity contribution in [3.8, 4) is 0 Å². The van der Waals surface area contributed by atoms with E-state index in [1.54, 1.807) is 24.3 Å². The van der Waals surface area contributed by atoms with Crippen molar-refractivity contribution in [3.05, 3.63) is 47.5 Å². The maximum atomic E-state index is 12.6. The van der Waals surface area contributed by atoms with Crippen LogP contribution in [0.1, 0.15) is 0 Å². The Balaban J connectivity index is 1.76. The second-order valence-electron chi connectivity index (χ2n) is 5.61. The number of nitrogens with one attached hydrogen (secondary N) is 3. The number of nitrogens with zero attached hydrogens (tertiary/aromatic N) is 1. The average Bonchev–Trinajstić information content (AvgIpc) is 3.10. The lowest BCUT2D eigenvalue weighted by Crippen LogP contribution is -2.38. The highest BCUT2D eigenvalue weighted by molar-refractivity contribution is 7.99. The Bertz CT molecular complexity index is 1180. The van der Waals surface area contributed by atoms with Gasteiger partial charge in [-0.3, -0.25) is 14.8 Å². The molecule has 2 aromatic carbocycles. The SMILES string of the molecule is CNC(=O)NC(=O)CSc1nc2ccc(S(=O)(=O)Nc3ccccc3Cl)cc2o1. The van der Waals surface area contributed by atoms with E-state index in [9.17, 15) is 18.0 Å². The smallest absolute Gasteiger partial charge is 0.321 e. The summed E-state index contributed by atoms with van der Waals surface area (Å²) in [4.78, 5) is 26.9. The molecular formula is C17H15ClN4O5S2. The topological polar surface area (TPSA) is 130 Å². The predicted molar refractivity (Wildman–Crippen MR) is 110 cm³/mol. The van der Waals surface area contributed by atoms with Gasteiger partial charge < -0.3 is 9.73 Å². The van der Waals surface area contributed by atoms with Gasteiger partial charge in [0.25, 0.3) is 15.2 Å². The van der Waals surface area contributed by atoms with Gasteiger partial charge in [-0.1, -0.05) is 35.5 Å². The van der Waals surface area contributed by atoms with Crippen LogP contribution in [0.5, 0.6) is 0 Å². The normalized spacial score (nSPS) is 11.2. The summed E-state index contributed by atoms with van der Waals surface area (Å²) >= 11 is 6.97. The number of hydrogen-bond acceptors (Lipinski definition) is 7. The fraction of sp³-hybridized carbons (Fsp3) is 0.118. The summed E-state index contributed by atoms with van der Waals surface area (Å²) in [5.41, 5.74) is 0.919. The van der Waals surface area contributed by atoms with Crippen molar-refractivity contribution in [3.63, 3.8) is 0 Å². The molecule has 0 fully saturated rings. The number of hydrogen-bond donors (Lipinski definition) is 3. The van der Waals surface area contributed by atoms with E-state index >= 15 is 0 Å². The zero-order valence-electron chi connectivity index (χ0n) is 14.9. The van der Waals surface area contributed by atoms with Gasteiger partial charge in [-0.05, 0) is 24.3 Å². The van der Waals surface area contributed by atoms with Crippen molar-refractivity contribution in [1.29, 1.82) is 0 Å². The Morgan fingerprint density at radius 2 is 1.97 bits per heavy atom. The minimum Gasteiger partial charge on any atom is -0.431 e. The zero-order chi connectivity index (χ0) is 21.0. The van der Waals surface area contributed by atoms with Crippen LogP contribution in [0.25, 0.3) is 11.1 Å². The number of aromatic nitrogens is 1. The van der Waals surface area contributed by atoms with Gasteiger partial charge in [0.2, 0.25) is 5.91 Å². The van der Waals surface area contributed by atoms with E-state index in [0.29, 0.717) is 5.52 Å². The van der Waals surface area contributed by atoms with Gasteiger partial charge in [-0.25, -0.2) is 18.2 Å². The number of oxazole rings is 1. The summed E-state index contributed by atoms with van der Waals surface area (Å²) in [6.45, 7) is 0. The number of benzene rings is 2. The fourth-order valence-electron chi connectivity index (χ4n) is 2.21. The van der Waals surface area contributed by atoms with Gasteiger partial charge in [-0.15, -0.1) is 0 Å². The molecule has 1 aromatic heterocycles. The third-order valence-corrected chi connectivity index (χ3v) is 6.10. The number of fused-ring (bicyclic) bond motifs is 1. The first-order valence-corrected chi connectivity index (χ1v) is 11.0. The second kappa shape index (κ2) is 8.72. The van der Waals surface area contributed by atoms with Crippen LogP contribution in [0.3, 0.4) is 0 Å². The first-order chi connectivity index (χ1) is 13.8. The molecule has 12 heteroatoms. The average molecular weight is 455 g/mol. The van der Waals surface area contributed by atoms with Gasteiger partial charge >= 0.3 is 6.03 Å². The van der Waals surface area contributed by atoms with Gasteiger partial charge in [0.05, 0.1) is 21.4 Å². The molecule has 152 valence electrons. The minimum absolute atomic E-state index is 0.0324. The lowest BCUT2D eigenvalue weighted by atomic mass is 10.3. The van der Waals surface area contributed by atoms with E-state index in [1.807, 2.05) is 0 Å². The van der Waals surface area contributed by atoms with Crippen molar-refractivity contribution in [2.75, 3.05) is 17.5 Å². The molecule has 0 saturated carbocycles. The lowest BCUT2D eigenvalue weighted by Gasteiger charge is -2.09. The first-order valence-electron chi connectivity index (χ1n) is 8.11. The standard InChI is InChI=1S/C17H15ClN4O5S2/c1-19-16(24)21-15(23)9-28-17-20-13-7-6-10(8-14(13)27-17)29(25,26)22-12-5-3-2-4-11(12)18/h2-8,22H,9H2,1H3,(H2,19,21,23,24). The molecule has 0 bridgehead atoms. The Hall–Kier alpha value is -2.76. The Morgan fingerprint density at radius 3 is 2.69 bits per heavy atom. The number of thioether (sulfide) groups is 1. The summed E-state index contributed by atoms with van der Waals surface area (Å²) in [6.07, 6.45) is 0. The molecule has 1 heterocycles. The van der Waals surface area contributed by atoms with E-state index in [2.05, 4.69) is 20.3 Å². The minimum atomic E-state index is -3.90. The summed E-state index contributed by atoms with van der Waals surface area (Å²) in [7, 11) is -2.51. The zero-order valence-corrected chi connectivity index (χ0v) is 17.3. The molecule has 9 nitrogen and oxygen atoms in total. The Morgan fingerprint density at radius 1 is 1.21 bits per heavy atom. The summed E-state index contributed by atoms with van der Waals surface area (Å²) in [5.74, 6) is -0.622. The molecule has 0 aliphatic carbocycles. The number of carbonyl (C=O) groups excluding carboxylic acids is 2. The van der Waals surface area contributed by atoms with E-state index in [4.69, 9.17) is 16.0 Å². The van der Waals surface area contributed by atoms with E-state index < -0.39 is 22.0 Å². The van der Waals surface area contributed by atoms with Crippen LogP contribution in [0.15, 0.2) is 57.0 Å². The van der Waals surface area contributed by atoms with Crippen LogP contribution < -0.4 is 15.4 Å². The molecule has 3 rings (SSSR count). The quantitative estimate of drug-likeness (QED) is 0.488. The van der Waals surface area contributed by atoms with Crippen molar-refractivity contribution >= 4 is 62.1 Å². The van der Waals surface area contributed by atoms with E-state index in [1.165, 1.54) is 25.2 Å². The number of sulfonamides is 1. The van der Waals surface area contributed by atoms with Crippen LogP contribution in [0.2, 0.25) is 5.02 Å². The number of rotatable bonds is 6. The van der Waals surface area contributed by atoms with Crippen LogP contribution in [-0.4, -0.2) is 38.1 Å². The van der Waals surface area contributed by atoms with Gasteiger partial charge in [0, 0.05) is 13.1 Å². The van der Waals surface area contributed by atoms with E-state index in [-0.39, 0.29) is 32.2 Å². The predicted octanol–water partition coefficient (Wildman–Crippen LogP) is 2.83. The van der Waals surface area contributed by atoms with Gasteiger partial charge in [-0.2, -0.15) is 0 Å². The number of imide groups is 1. The molecule has 0 radical (unpaired) electrons. The highest BCUT2D eigenvalue weighted by Gasteiger charge is 2.18. The Labute approximate surface area is 175 Å². The van der Waals surface area contributed by atoms with Crippen molar-refractivity contribution in [2.24, 2.45) is 0 Å². The third-order valence-electron chi connectivity index (χ3n) is 3.58. The molecule has 0 aliphatic heterocycles. The van der Waals surface area contributed by atoms with Crippen LogP contribution in [0.4, 0.5) is 10.5 Å². The van der Waals surface area contributed by atoms with Gasteiger partial charge in [0.1, 0.15) is 5.52 Å². The fourth-order valence-corrected chi connectivity index (χ4v) is 4.18. The molecule has 0 atom stereocenters. The highest BCUT2D eigenvalue weighted by Crippen LogP contribution is 2.28. The number of anilines is 1. The summed E-state index contributed by atoms with van der Waals surface area (Å²) in [5, 5.41) is 4.82.